The number of halogens is 4. The van der Waals surface area contributed by atoms with Crippen LogP contribution in [0.15, 0.2) is 23.1 Å². The molecule has 0 unspecified atom stereocenters. The molecule has 1 saturated heterocycles. The van der Waals surface area contributed by atoms with E-state index in [1.165, 1.54) is 0 Å². The van der Waals surface area contributed by atoms with Crippen LogP contribution in [0.25, 0.3) is 0 Å². The first kappa shape index (κ1) is 20.0. The lowest BCUT2D eigenvalue weighted by atomic mass is 10.2. The summed E-state index contributed by atoms with van der Waals surface area (Å²) >= 11 is 5.85. The van der Waals surface area contributed by atoms with E-state index in [9.17, 15) is 21.6 Å². The van der Waals surface area contributed by atoms with Gasteiger partial charge in [-0.3, -0.25) is 0 Å². The Kier molecular flexibility index (Phi) is 6.32. The second-order valence-electron chi connectivity index (χ2n) is 5.65. The fourth-order valence-electron chi connectivity index (χ4n) is 2.59. The van der Waals surface area contributed by atoms with Crippen molar-refractivity contribution < 1.29 is 21.6 Å². The van der Waals surface area contributed by atoms with E-state index in [0.717, 1.165) is 16.4 Å². The molecule has 0 aliphatic carbocycles. The number of nitrogens with zero attached hydrogens (tertiary/aromatic N) is 3. The minimum atomic E-state index is -4.64. The predicted molar refractivity (Wildman–Crippen MR) is 86.5 cm³/mol. The van der Waals surface area contributed by atoms with E-state index < -0.39 is 26.7 Å². The number of benzene rings is 1. The lowest BCUT2D eigenvalue weighted by molar-refractivity contribution is -0.137. The van der Waals surface area contributed by atoms with Gasteiger partial charge in [0.05, 0.1) is 16.7 Å². The Bertz CT molecular complexity index is 754. The molecule has 2 rings (SSSR count). The molecule has 0 radical (unpaired) electrons. The van der Waals surface area contributed by atoms with Crippen molar-refractivity contribution in [1.29, 1.82) is 5.26 Å². The summed E-state index contributed by atoms with van der Waals surface area (Å²) in [5.41, 5.74) is -1.05. The summed E-state index contributed by atoms with van der Waals surface area (Å²) in [5.74, 6) is 0. The normalized spacial score (nSPS) is 17.4. The Morgan fingerprint density at radius 3 is 2.40 bits per heavy atom. The molecular weight excluding hydrogens is 379 g/mol. The summed E-state index contributed by atoms with van der Waals surface area (Å²) in [6, 6.07) is 4.34. The summed E-state index contributed by atoms with van der Waals surface area (Å²) in [4.78, 5) is 1.50. The molecule has 1 heterocycles. The van der Waals surface area contributed by atoms with Crippen LogP contribution in [0.1, 0.15) is 18.4 Å². The van der Waals surface area contributed by atoms with Gasteiger partial charge in [-0.25, -0.2) is 8.42 Å². The maximum atomic E-state index is 12.8. The summed E-state index contributed by atoms with van der Waals surface area (Å²) in [7, 11) is -4.10. The highest BCUT2D eigenvalue weighted by Gasteiger charge is 2.35. The van der Waals surface area contributed by atoms with Gasteiger partial charge in [-0.15, -0.1) is 0 Å². The molecule has 0 amide bonds. The van der Waals surface area contributed by atoms with Crippen LogP contribution < -0.4 is 0 Å². The zero-order valence-corrected chi connectivity index (χ0v) is 14.8. The Morgan fingerprint density at radius 2 is 1.84 bits per heavy atom. The summed E-state index contributed by atoms with van der Waals surface area (Å²) in [6.07, 6.45) is -3.52. The Labute approximate surface area is 149 Å². The number of hydrogen-bond donors (Lipinski definition) is 0. The molecule has 0 atom stereocenters. The van der Waals surface area contributed by atoms with Crippen molar-refractivity contribution in [2.75, 3.05) is 32.7 Å². The van der Waals surface area contributed by atoms with E-state index in [-0.39, 0.29) is 18.1 Å². The summed E-state index contributed by atoms with van der Waals surface area (Å²) in [5, 5.41) is 8.30. The monoisotopic (exact) mass is 395 g/mol. The van der Waals surface area contributed by atoms with E-state index >= 15 is 0 Å². The third-order valence-corrected chi connectivity index (χ3v) is 6.35. The van der Waals surface area contributed by atoms with Crippen LogP contribution in [0.5, 0.6) is 0 Å². The number of alkyl halides is 3. The highest BCUT2D eigenvalue weighted by atomic mass is 35.5. The number of nitriles is 1. The second kappa shape index (κ2) is 7.91. The Morgan fingerprint density at radius 1 is 1.20 bits per heavy atom. The van der Waals surface area contributed by atoms with Gasteiger partial charge in [-0.1, -0.05) is 11.6 Å². The average molecular weight is 396 g/mol. The molecule has 5 nitrogen and oxygen atoms in total. The molecule has 25 heavy (non-hydrogen) atoms. The van der Waals surface area contributed by atoms with Gasteiger partial charge in [-0.05, 0) is 31.2 Å². The summed E-state index contributed by atoms with van der Waals surface area (Å²) < 4.78 is 65.0. The van der Waals surface area contributed by atoms with Crippen LogP contribution in [-0.4, -0.2) is 50.3 Å². The van der Waals surface area contributed by atoms with Crippen LogP contribution >= 0.6 is 11.6 Å². The molecule has 10 heteroatoms. The van der Waals surface area contributed by atoms with Crippen LogP contribution in [0.2, 0.25) is 5.02 Å². The van der Waals surface area contributed by atoms with Gasteiger partial charge in [0, 0.05) is 32.6 Å². The third kappa shape index (κ3) is 4.85. The number of rotatable bonds is 5. The fourth-order valence-corrected chi connectivity index (χ4v) is 4.51. The van der Waals surface area contributed by atoms with Gasteiger partial charge in [-0.2, -0.15) is 22.7 Å². The quantitative estimate of drug-likeness (QED) is 0.719. The van der Waals surface area contributed by atoms with Crippen molar-refractivity contribution in [2.24, 2.45) is 0 Å². The maximum Gasteiger partial charge on any atom is 0.416 e. The molecule has 138 valence electrons. The minimum absolute atomic E-state index is 0.168. The highest BCUT2D eigenvalue weighted by Crippen LogP contribution is 2.34. The van der Waals surface area contributed by atoms with Crippen molar-refractivity contribution >= 4 is 21.6 Å². The van der Waals surface area contributed by atoms with Crippen molar-refractivity contribution in [3.05, 3.63) is 28.8 Å². The number of hydrogen-bond acceptors (Lipinski definition) is 4. The van der Waals surface area contributed by atoms with Crippen molar-refractivity contribution in [2.45, 2.75) is 23.9 Å². The molecule has 0 saturated carbocycles. The zero-order valence-electron chi connectivity index (χ0n) is 13.3. The van der Waals surface area contributed by atoms with Gasteiger partial charge in [0.25, 0.3) is 0 Å². The Balaban J connectivity index is 2.14. The minimum Gasteiger partial charge on any atom is -0.301 e. The van der Waals surface area contributed by atoms with Crippen molar-refractivity contribution in [3.8, 4) is 6.07 Å². The van der Waals surface area contributed by atoms with Crippen molar-refractivity contribution in [1.82, 2.24) is 9.21 Å². The molecule has 1 aromatic rings. The number of piperazine rings is 1. The molecule has 0 bridgehead atoms. The lowest BCUT2D eigenvalue weighted by Crippen LogP contribution is -2.48. The Hall–Kier alpha value is -1.34. The zero-order chi connectivity index (χ0) is 18.7. The standard InChI is InChI=1S/C15H17ClF3N3O2S/c16-13-4-3-12(15(17,18)19)11-14(13)25(23,24)22-9-7-21(8-10-22)6-2-1-5-20/h3-4,11H,1-2,6-10H2. The van der Waals surface area contributed by atoms with Crippen molar-refractivity contribution in [3.63, 3.8) is 0 Å². The largest absolute Gasteiger partial charge is 0.416 e. The first-order valence-electron chi connectivity index (χ1n) is 7.62. The van der Waals surface area contributed by atoms with Crippen LogP contribution in [-0.2, 0) is 16.2 Å². The average Bonchev–Trinajstić information content (AvgIpc) is 2.54. The summed E-state index contributed by atoms with van der Waals surface area (Å²) in [6.45, 7) is 1.94. The van der Waals surface area contributed by atoms with E-state index in [4.69, 9.17) is 16.9 Å². The molecule has 0 aromatic heterocycles. The molecule has 1 aliphatic rings. The fraction of sp³-hybridized carbons (Fsp3) is 0.533. The van der Waals surface area contributed by atoms with E-state index in [0.29, 0.717) is 38.5 Å². The van der Waals surface area contributed by atoms with Crippen LogP contribution in [0.4, 0.5) is 13.2 Å². The maximum absolute atomic E-state index is 12.8. The first-order valence-corrected chi connectivity index (χ1v) is 9.44. The van der Waals surface area contributed by atoms with Crippen LogP contribution in [0.3, 0.4) is 0 Å². The predicted octanol–water partition coefficient (Wildman–Crippen LogP) is 2.97. The van der Waals surface area contributed by atoms with Crippen LogP contribution in [0, 0.1) is 11.3 Å². The SMILES string of the molecule is N#CCCCN1CCN(S(=O)(=O)c2cc(C(F)(F)F)ccc2Cl)CC1. The smallest absolute Gasteiger partial charge is 0.301 e. The van der Waals surface area contributed by atoms with E-state index in [2.05, 4.69) is 0 Å². The second-order valence-corrected chi connectivity index (χ2v) is 7.96. The first-order chi connectivity index (χ1) is 11.7. The van der Waals surface area contributed by atoms with Gasteiger partial charge >= 0.3 is 6.18 Å². The van der Waals surface area contributed by atoms with Gasteiger partial charge < -0.3 is 4.90 Å². The number of sulfonamides is 1. The lowest BCUT2D eigenvalue weighted by Gasteiger charge is -2.34. The number of unbranched alkanes of at least 4 members (excludes halogenated alkanes) is 1. The molecule has 1 fully saturated rings. The van der Waals surface area contributed by atoms with Gasteiger partial charge in [0.15, 0.2) is 0 Å². The molecule has 0 N–H and O–H groups in total. The highest BCUT2D eigenvalue weighted by molar-refractivity contribution is 7.89. The van der Waals surface area contributed by atoms with Gasteiger partial charge in [0.1, 0.15) is 4.90 Å². The molecule has 0 spiro atoms. The topological polar surface area (TPSA) is 64.4 Å². The molecular formula is C15H17ClF3N3O2S. The third-order valence-electron chi connectivity index (χ3n) is 3.97. The van der Waals surface area contributed by atoms with E-state index in [1.807, 2.05) is 11.0 Å². The molecule has 1 aromatic carbocycles. The van der Waals surface area contributed by atoms with Gasteiger partial charge in [0.2, 0.25) is 10.0 Å². The molecule has 1 aliphatic heterocycles. The van der Waals surface area contributed by atoms with E-state index in [1.54, 1.807) is 0 Å².